The zero-order chi connectivity index (χ0) is 5.82. The third-order valence-corrected chi connectivity index (χ3v) is 0.813. The summed E-state index contributed by atoms with van der Waals surface area (Å²) in [6.45, 7) is 2.65. The number of hydrogen-bond acceptors (Lipinski definition) is 1. The van der Waals surface area contributed by atoms with Gasteiger partial charge in [-0.05, 0) is 13.0 Å². The molecule has 0 aromatic carbocycles. The summed E-state index contributed by atoms with van der Waals surface area (Å²) in [6, 6.07) is 1.84. The van der Waals surface area contributed by atoms with Crippen molar-refractivity contribution in [2.75, 3.05) is 6.61 Å². The van der Waals surface area contributed by atoms with Gasteiger partial charge in [0.25, 0.3) is 0 Å². The van der Waals surface area contributed by atoms with E-state index in [1.54, 1.807) is 6.20 Å². The zero-order valence-electron chi connectivity index (χ0n) is 4.77. The van der Waals surface area contributed by atoms with Crippen LogP contribution in [0.2, 0.25) is 0 Å². The van der Waals surface area contributed by atoms with Crippen molar-refractivity contribution >= 4 is 0 Å². The molecule has 0 atom stereocenters. The Hall–Kier alpha value is -0.920. The normalized spacial score (nSPS) is 9.12. The van der Waals surface area contributed by atoms with Crippen LogP contribution in [0.5, 0.6) is 5.75 Å². The molecule has 1 heterocycles. The van der Waals surface area contributed by atoms with Gasteiger partial charge in [0, 0.05) is 6.20 Å². The van der Waals surface area contributed by atoms with E-state index in [2.05, 4.69) is 11.2 Å². The first-order valence-electron chi connectivity index (χ1n) is 2.61. The van der Waals surface area contributed by atoms with Crippen molar-refractivity contribution in [2.24, 2.45) is 0 Å². The van der Waals surface area contributed by atoms with Crippen LogP contribution < -0.4 is 4.74 Å². The van der Waals surface area contributed by atoms with E-state index in [-0.39, 0.29) is 0 Å². The average Bonchev–Trinajstić information content (AvgIpc) is 2.19. The molecule has 0 aliphatic rings. The van der Waals surface area contributed by atoms with Gasteiger partial charge in [0.05, 0.1) is 6.61 Å². The quantitative estimate of drug-likeness (QED) is 0.608. The monoisotopic (exact) mass is 110 g/mol. The molecule has 0 amide bonds. The largest absolute Gasteiger partial charge is 0.492 e. The molecule has 1 aromatic heterocycles. The number of ether oxygens (including phenoxy) is 1. The van der Waals surface area contributed by atoms with Crippen LogP contribution in [0.3, 0.4) is 0 Å². The predicted molar refractivity (Wildman–Crippen MR) is 30.8 cm³/mol. The molecule has 2 nitrogen and oxygen atoms in total. The highest BCUT2D eigenvalue weighted by atomic mass is 16.5. The van der Waals surface area contributed by atoms with Crippen LogP contribution in [0.25, 0.3) is 0 Å². The van der Waals surface area contributed by atoms with Crippen molar-refractivity contribution < 1.29 is 4.74 Å². The highest BCUT2D eigenvalue weighted by Crippen LogP contribution is 2.04. The van der Waals surface area contributed by atoms with Crippen molar-refractivity contribution in [3.8, 4) is 5.75 Å². The zero-order valence-corrected chi connectivity index (χ0v) is 4.77. The molecule has 0 bridgehead atoms. The van der Waals surface area contributed by atoms with E-state index >= 15 is 0 Å². The van der Waals surface area contributed by atoms with Gasteiger partial charge in [-0.2, -0.15) is 0 Å². The topological polar surface area (TPSA) is 25.0 Å². The van der Waals surface area contributed by atoms with Crippen LogP contribution >= 0.6 is 0 Å². The molecule has 0 aliphatic heterocycles. The SMILES string of the molecule is CCOc1[c][nH]cc1. The second-order valence-corrected chi connectivity index (χ2v) is 1.40. The van der Waals surface area contributed by atoms with E-state index in [9.17, 15) is 0 Å². The highest BCUT2D eigenvalue weighted by Gasteiger charge is 1.86. The van der Waals surface area contributed by atoms with Crippen molar-refractivity contribution in [1.82, 2.24) is 4.98 Å². The number of rotatable bonds is 2. The summed E-state index contributed by atoms with van der Waals surface area (Å²) in [6.07, 6.45) is 4.57. The smallest absolute Gasteiger partial charge is 0.146 e. The van der Waals surface area contributed by atoms with Crippen molar-refractivity contribution in [3.05, 3.63) is 18.5 Å². The second kappa shape index (κ2) is 2.40. The van der Waals surface area contributed by atoms with E-state index in [0.717, 1.165) is 5.75 Å². The van der Waals surface area contributed by atoms with E-state index in [4.69, 9.17) is 4.74 Å². The standard InChI is InChI=1S/C6H8NO/c1-2-8-6-3-4-7-5-6/h3-4,7H,2H2,1H3. The fourth-order valence-corrected chi connectivity index (χ4v) is 0.512. The Morgan fingerprint density at radius 1 is 1.88 bits per heavy atom. The van der Waals surface area contributed by atoms with Gasteiger partial charge >= 0.3 is 0 Å². The summed E-state index contributed by atoms with van der Waals surface area (Å²) in [5.74, 6) is 0.785. The minimum Gasteiger partial charge on any atom is -0.492 e. The molecule has 43 valence electrons. The van der Waals surface area contributed by atoms with Gasteiger partial charge in [0.1, 0.15) is 11.9 Å². The maximum Gasteiger partial charge on any atom is 0.146 e. The maximum atomic E-state index is 5.06. The number of H-pyrrole nitrogens is 1. The third kappa shape index (κ3) is 1.03. The predicted octanol–water partition coefficient (Wildman–Crippen LogP) is 1.21. The van der Waals surface area contributed by atoms with Gasteiger partial charge in [-0.1, -0.05) is 0 Å². The molecule has 0 fully saturated rings. The van der Waals surface area contributed by atoms with Crippen LogP contribution in [0.1, 0.15) is 6.92 Å². The Balaban J connectivity index is 2.50. The summed E-state index contributed by atoms with van der Waals surface area (Å²) in [4.78, 5) is 2.76. The van der Waals surface area contributed by atoms with Gasteiger partial charge in [-0.15, -0.1) is 0 Å². The maximum absolute atomic E-state index is 5.06. The average molecular weight is 110 g/mol. The van der Waals surface area contributed by atoms with Crippen LogP contribution in [0, 0.1) is 6.20 Å². The molecule has 0 unspecified atom stereocenters. The van der Waals surface area contributed by atoms with Crippen molar-refractivity contribution in [3.63, 3.8) is 0 Å². The van der Waals surface area contributed by atoms with E-state index in [1.165, 1.54) is 0 Å². The van der Waals surface area contributed by atoms with Gasteiger partial charge in [0.15, 0.2) is 0 Å². The molecule has 1 radical (unpaired) electrons. The fourth-order valence-electron chi connectivity index (χ4n) is 0.512. The molecule has 0 saturated carbocycles. The third-order valence-electron chi connectivity index (χ3n) is 0.813. The summed E-state index contributed by atoms with van der Waals surface area (Å²) in [7, 11) is 0. The van der Waals surface area contributed by atoms with Crippen LogP contribution in [0.4, 0.5) is 0 Å². The molecule has 2 heteroatoms. The second-order valence-electron chi connectivity index (χ2n) is 1.40. The fraction of sp³-hybridized carbons (Fsp3) is 0.333. The molecule has 1 aromatic rings. The summed E-state index contributed by atoms with van der Waals surface area (Å²) in [5.41, 5.74) is 0. The molecule has 8 heavy (non-hydrogen) atoms. The lowest BCUT2D eigenvalue weighted by atomic mass is 10.6. The van der Waals surface area contributed by atoms with Gasteiger partial charge in [-0.3, -0.25) is 0 Å². The van der Waals surface area contributed by atoms with Crippen molar-refractivity contribution in [1.29, 1.82) is 0 Å². The Kier molecular flexibility index (Phi) is 1.57. The van der Waals surface area contributed by atoms with Crippen molar-refractivity contribution in [2.45, 2.75) is 6.92 Å². The Labute approximate surface area is 48.5 Å². The first-order valence-corrected chi connectivity index (χ1v) is 2.61. The number of aromatic amines is 1. The summed E-state index contributed by atoms with van der Waals surface area (Å²) < 4.78 is 5.06. The summed E-state index contributed by atoms with van der Waals surface area (Å²) in [5, 5.41) is 0. The lowest BCUT2D eigenvalue weighted by Gasteiger charge is -1.93. The highest BCUT2D eigenvalue weighted by molar-refractivity contribution is 5.13. The van der Waals surface area contributed by atoms with E-state index in [1.807, 2.05) is 13.0 Å². The molecule has 0 aliphatic carbocycles. The van der Waals surface area contributed by atoms with Crippen LogP contribution in [0.15, 0.2) is 12.3 Å². The Bertz CT molecular complexity index is 134. The van der Waals surface area contributed by atoms with E-state index < -0.39 is 0 Å². The molecule has 0 spiro atoms. The Morgan fingerprint density at radius 3 is 3.25 bits per heavy atom. The molecular formula is C6H8NO. The number of hydrogen-bond donors (Lipinski definition) is 1. The first kappa shape index (κ1) is 5.22. The van der Waals surface area contributed by atoms with Gasteiger partial charge < -0.3 is 9.72 Å². The minimum absolute atomic E-state index is 0.703. The van der Waals surface area contributed by atoms with Gasteiger partial charge in [0.2, 0.25) is 0 Å². The molecule has 1 N–H and O–H groups in total. The number of aromatic nitrogens is 1. The molecule has 1 rings (SSSR count). The first-order chi connectivity index (χ1) is 3.93. The Morgan fingerprint density at radius 2 is 2.75 bits per heavy atom. The van der Waals surface area contributed by atoms with Gasteiger partial charge in [-0.25, -0.2) is 0 Å². The molecule has 0 saturated heterocycles. The minimum atomic E-state index is 0.703. The van der Waals surface area contributed by atoms with E-state index in [0.29, 0.717) is 6.61 Å². The van der Waals surface area contributed by atoms with Crippen LogP contribution in [-0.4, -0.2) is 11.6 Å². The number of nitrogens with one attached hydrogen (secondary N) is 1. The lowest BCUT2D eigenvalue weighted by Crippen LogP contribution is -1.88. The van der Waals surface area contributed by atoms with Crippen LogP contribution in [-0.2, 0) is 0 Å². The lowest BCUT2D eigenvalue weighted by molar-refractivity contribution is 0.340. The summed E-state index contributed by atoms with van der Waals surface area (Å²) >= 11 is 0. The molecular weight excluding hydrogens is 102 g/mol.